The first kappa shape index (κ1) is 12.3. The lowest BCUT2D eigenvalue weighted by atomic mass is 10.1. The van der Waals surface area contributed by atoms with Crippen molar-refractivity contribution in [3.8, 4) is 12.3 Å². The Morgan fingerprint density at radius 1 is 1.50 bits per heavy atom. The van der Waals surface area contributed by atoms with Gasteiger partial charge in [0.1, 0.15) is 6.04 Å². The van der Waals surface area contributed by atoms with Crippen LogP contribution in [0.15, 0.2) is 30.3 Å². The third-order valence-corrected chi connectivity index (χ3v) is 2.06. The molecule has 0 aliphatic carbocycles. The molecule has 0 saturated carbocycles. The second-order valence-corrected chi connectivity index (χ2v) is 3.18. The smallest absolute Gasteiger partial charge is 0.327 e. The molecule has 0 saturated heterocycles. The van der Waals surface area contributed by atoms with Crippen LogP contribution in [0.25, 0.3) is 0 Å². The molecule has 3 nitrogen and oxygen atoms in total. The number of ether oxygens (including phenoxy) is 1. The van der Waals surface area contributed by atoms with Crippen LogP contribution in [0, 0.1) is 12.3 Å². The SMILES string of the molecule is C#CCNC(C(=O)OCC)c1ccccc1. The van der Waals surface area contributed by atoms with Gasteiger partial charge >= 0.3 is 5.97 Å². The molecule has 0 aliphatic rings. The fourth-order valence-electron chi connectivity index (χ4n) is 1.37. The maximum Gasteiger partial charge on any atom is 0.327 e. The van der Waals surface area contributed by atoms with Crippen LogP contribution in [0.2, 0.25) is 0 Å². The molecule has 1 rings (SSSR count). The van der Waals surface area contributed by atoms with Crippen molar-refractivity contribution in [3.63, 3.8) is 0 Å². The molecular formula is C13H15NO2. The summed E-state index contributed by atoms with van der Waals surface area (Å²) in [5.41, 5.74) is 0.858. The molecule has 1 atom stereocenters. The Bertz CT molecular complexity index is 367. The quantitative estimate of drug-likeness (QED) is 0.600. The Hall–Kier alpha value is -1.79. The molecular weight excluding hydrogens is 202 g/mol. The molecule has 0 amide bonds. The van der Waals surface area contributed by atoms with Gasteiger partial charge in [0.25, 0.3) is 0 Å². The van der Waals surface area contributed by atoms with Crippen molar-refractivity contribution in [1.29, 1.82) is 0 Å². The van der Waals surface area contributed by atoms with Crippen molar-refractivity contribution in [2.75, 3.05) is 13.2 Å². The van der Waals surface area contributed by atoms with E-state index >= 15 is 0 Å². The first-order valence-electron chi connectivity index (χ1n) is 5.18. The van der Waals surface area contributed by atoms with Gasteiger partial charge in [-0.3, -0.25) is 5.32 Å². The van der Waals surface area contributed by atoms with Crippen molar-refractivity contribution in [2.45, 2.75) is 13.0 Å². The Kier molecular flexibility index (Phi) is 5.10. The standard InChI is InChI=1S/C13H15NO2/c1-3-10-14-12(13(15)16-4-2)11-8-6-5-7-9-11/h1,5-9,12,14H,4,10H2,2H3. The Balaban J connectivity index is 2.79. The summed E-state index contributed by atoms with van der Waals surface area (Å²) in [5.74, 6) is 2.14. The van der Waals surface area contributed by atoms with Crippen LogP contribution in [-0.2, 0) is 9.53 Å². The molecule has 1 aromatic rings. The van der Waals surface area contributed by atoms with Gasteiger partial charge in [0.15, 0.2) is 0 Å². The number of terminal acetylenes is 1. The second-order valence-electron chi connectivity index (χ2n) is 3.18. The molecule has 0 heterocycles. The minimum Gasteiger partial charge on any atom is -0.465 e. The highest BCUT2D eigenvalue weighted by atomic mass is 16.5. The van der Waals surface area contributed by atoms with E-state index in [2.05, 4.69) is 11.2 Å². The van der Waals surface area contributed by atoms with Crippen LogP contribution in [0.4, 0.5) is 0 Å². The van der Waals surface area contributed by atoms with Crippen molar-refractivity contribution >= 4 is 5.97 Å². The van der Waals surface area contributed by atoms with Crippen LogP contribution in [0.5, 0.6) is 0 Å². The highest BCUT2D eigenvalue weighted by molar-refractivity contribution is 5.77. The number of carbonyl (C=O) groups is 1. The largest absolute Gasteiger partial charge is 0.465 e. The Morgan fingerprint density at radius 3 is 2.75 bits per heavy atom. The molecule has 1 unspecified atom stereocenters. The molecule has 0 spiro atoms. The molecule has 0 aromatic heterocycles. The lowest BCUT2D eigenvalue weighted by Crippen LogP contribution is -2.30. The van der Waals surface area contributed by atoms with Gasteiger partial charge < -0.3 is 4.74 Å². The van der Waals surface area contributed by atoms with E-state index in [9.17, 15) is 4.79 Å². The second kappa shape index (κ2) is 6.65. The first-order valence-corrected chi connectivity index (χ1v) is 5.18. The maximum atomic E-state index is 11.7. The Morgan fingerprint density at radius 2 is 2.19 bits per heavy atom. The van der Waals surface area contributed by atoms with E-state index in [-0.39, 0.29) is 5.97 Å². The first-order chi connectivity index (χ1) is 7.79. The number of hydrogen-bond acceptors (Lipinski definition) is 3. The van der Waals surface area contributed by atoms with Gasteiger partial charge in [-0.15, -0.1) is 6.42 Å². The maximum absolute atomic E-state index is 11.7. The summed E-state index contributed by atoms with van der Waals surface area (Å²) in [4.78, 5) is 11.7. The molecule has 0 fully saturated rings. The van der Waals surface area contributed by atoms with Crippen LogP contribution in [0.3, 0.4) is 0 Å². The molecule has 0 aliphatic heterocycles. The fourth-order valence-corrected chi connectivity index (χ4v) is 1.37. The van der Waals surface area contributed by atoms with E-state index in [1.165, 1.54) is 0 Å². The van der Waals surface area contributed by atoms with Gasteiger partial charge in [0.2, 0.25) is 0 Å². The zero-order valence-electron chi connectivity index (χ0n) is 9.27. The number of hydrogen-bond donors (Lipinski definition) is 1. The van der Waals surface area contributed by atoms with Gasteiger partial charge in [-0.05, 0) is 12.5 Å². The number of benzene rings is 1. The van der Waals surface area contributed by atoms with Crippen LogP contribution in [0.1, 0.15) is 18.5 Å². The summed E-state index contributed by atoms with van der Waals surface area (Å²) < 4.78 is 4.99. The van der Waals surface area contributed by atoms with Crippen LogP contribution in [-0.4, -0.2) is 19.1 Å². The van der Waals surface area contributed by atoms with E-state index in [0.717, 1.165) is 5.56 Å². The summed E-state index contributed by atoms with van der Waals surface area (Å²) in [6.45, 7) is 2.47. The average Bonchev–Trinajstić information content (AvgIpc) is 2.31. The number of carbonyl (C=O) groups excluding carboxylic acids is 1. The monoisotopic (exact) mass is 217 g/mol. The summed E-state index contributed by atoms with van der Waals surface area (Å²) in [6, 6.07) is 8.89. The zero-order chi connectivity index (χ0) is 11.8. The van der Waals surface area contributed by atoms with Crippen molar-refractivity contribution < 1.29 is 9.53 Å². The van der Waals surface area contributed by atoms with Crippen LogP contribution >= 0.6 is 0 Å². The zero-order valence-corrected chi connectivity index (χ0v) is 9.27. The van der Waals surface area contributed by atoms with E-state index in [0.29, 0.717) is 13.2 Å². The van der Waals surface area contributed by atoms with Gasteiger partial charge in [-0.2, -0.15) is 0 Å². The summed E-state index contributed by atoms with van der Waals surface area (Å²) in [5, 5.41) is 2.96. The van der Waals surface area contributed by atoms with E-state index < -0.39 is 6.04 Å². The fraction of sp³-hybridized carbons (Fsp3) is 0.308. The predicted octanol–water partition coefficient (Wildman–Crippen LogP) is 1.51. The summed E-state index contributed by atoms with van der Waals surface area (Å²) >= 11 is 0. The molecule has 0 radical (unpaired) electrons. The highest BCUT2D eigenvalue weighted by Crippen LogP contribution is 2.13. The van der Waals surface area contributed by atoms with Crippen molar-refractivity contribution in [2.24, 2.45) is 0 Å². The number of nitrogens with one attached hydrogen (secondary N) is 1. The molecule has 84 valence electrons. The van der Waals surface area contributed by atoms with Gasteiger partial charge in [0.05, 0.1) is 13.2 Å². The van der Waals surface area contributed by atoms with E-state index in [1.807, 2.05) is 30.3 Å². The van der Waals surface area contributed by atoms with Gasteiger partial charge in [0, 0.05) is 0 Å². The molecule has 1 aromatic carbocycles. The summed E-state index contributed by atoms with van der Waals surface area (Å²) in [6.07, 6.45) is 5.16. The van der Waals surface area contributed by atoms with Gasteiger partial charge in [-0.25, -0.2) is 4.79 Å². The molecule has 0 bridgehead atoms. The molecule has 1 N–H and O–H groups in total. The predicted molar refractivity (Wildman–Crippen MR) is 62.7 cm³/mol. The number of rotatable bonds is 5. The third kappa shape index (κ3) is 3.41. The van der Waals surface area contributed by atoms with Crippen molar-refractivity contribution in [1.82, 2.24) is 5.32 Å². The van der Waals surface area contributed by atoms with Gasteiger partial charge in [-0.1, -0.05) is 36.3 Å². The number of esters is 1. The van der Waals surface area contributed by atoms with E-state index in [1.54, 1.807) is 6.92 Å². The third-order valence-electron chi connectivity index (χ3n) is 2.06. The topological polar surface area (TPSA) is 38.3 Å². The lowest BCUT2D eigenvalue weighted by Gasteiger charge is -2.16. The average molecular weight is 217 g/mol. The lowest BCUT2D eigenvalue weighted by molar-refractivity contribution is -0.145. The Labute approximate surface area is 95.8 Å². The van der Waals surface area contributed by atoms with Crippen LogP contribution < -0.4 is 5.32 Å². The van der Waals surface area contributed by atoms with Crippen molar-refractivity contribution in [3.05, 3.63) is 35.9 Å². The normalized spacial score (nSPS) is 11.5. The molecule has 16 heavy (non-hydrogen) atoms. The summed E-state index contributed by atoms with van der Waals surface area (Å²) in [7, 11) is 0. The van der Waals surface area contributed by atoms with E-state index in [4.69, 9.17) is 11.2 Å². The molecule has 3 heteroatoms. The highest BCUT2D eigenvalue weighted by Gasteiger charge is 2.20. The minimum absolute atomic E-state index is 0.302. The minimum atomic E-state index is -0.489.